The molecule has 1 saturated heterocycles. The third kappa shape index (κ3) is 3.12. The highest BCUT2D eigenvalue weighted by atomic mass is 15.2. The van der Waals surface area contributed by atoms with Crippen molar-refractivity contribution >= 4 is 0 Å². The molecular weight excluding hydrogens is 220 g/mol. The van der Waals surface area contributed by atoms with Crippen LogP contribution in [0.3, 0.4) is 0 Å². The fourth-order valence-electron chi connectivity index (χ4n) is 2.83. The number of nitrogens with two attached hydrogens (primary N) is 1. The van der Waals surface area contributed by atoms with Gasteiger partial charge in [0.2, 0.25) is 0 Å². The van der Waals surface area contributed by atoms with Gasteiger partial charge >= 0.3 is 0 Å². The van der Waals surface area contributed by atoms with Gasteiger partial charge in [-0.05, 0) is 43.0 Å². The van der Waals surface area contributed by atoms with Crippen molar-refractivity contribution in [1.29, 1.82) is 0 Å². The Morgan fingerprint density at radius 1 is 1.00 bits per heavy atom. The van der Waals surface area contributed by atoms with Gasteiger partial charge in [0, 0.05) is 12.6 Å². The largest absolute Gasteiger partial charge is 0.329 e. The maximum Gasteiger partial charge on any atom is 0.0470 e. The summed E-state index contributed by atoms with van der Waals surface area (Å²) in [4.78, 5) is 2.55. The summed E-state index contributed by atoms with van der Waals surface area (Å²) in [5.74, 6) is 0.602. The summed E-state index contributed by atoms with van der Waals surface area (Å²) in [6.07, 6.45) is 4.02. The van der Waals surface area contributed by atoms with E-state index in [0.717, 1.165) is 6.54 Å². The molecule has 1 atom stereocenters. The summed E-state index contributed by atoms with van der Waals surface area (Å²) in [7, 11) is 0. The Labute approximate surface area is 111 Å². The van der Waals surface area contributed by atoms with Gasteiger partial charge in [-0.3, -0.25) is 4.90 Å². The maximum atomic E-state index is 5.99. The Morgan fingerprint density at radius 3 is 2.06 bits per heavy atom. The Balaban J connectivity index is 2.11. The monoisotopic (exact) mass is 246 g/mol. The molecule has 0 amide bonds. The van der Waals surface area contributed by atoms with Crippen molar-refractivity contribution in [1.82, 2.24) is 4.90 Å². The first kappa shape index (κ1) is 13.6. The predicted molar refractivity (Wildman–Crippen MR) is 77.8 cm³/mol. The van der Waals surface area contributed by atoms with Crippen LogP contribution in [0.5, 0.6) is 0 Å². The highest BCUT2D eigenvalue weighted by Gasteiger charge is 2.20. The molecule has 18 heavy (non-hydrogen) atoms. The summed E-state index contributed by atoms with van der Waals surface area (Å²) >= 11 is 0. The highest BCUT2D eigenvalue weighted by molar-refractivity contribution is 5.27. The molecule has 0 aromatic heterocycles. The van der Waals surface area contributed by atoms with Crippen molar-refractivity contribution in [3.05, 3.63) is 35.4 Å². The van der Waals surface area contributed by atoms with Crippen LogP contribution in [0.4, 0.5) is 0 Å². The van der Waals surface area contributed by atoms with Crippen LogP contribution in [0.25, 0.3) is 0 Å². The normalized spacial score (nSPS) is 19.1. The molecule has 2 rings (SSSR count). The molecule has 1 fully saturated rings. The van der Waals surface area contributed by atoms with E-state index >= 15 is 0 Å². The van der Waals surface area contributed by atoms with E-state index in [4.69, 9.17) is 5.73 Å². The van der Waals surface area contributed by atoms with E-state index in [0.29, 0.717) is 12.0 Å². The quantitative estimate of drug-likeness (QED) is 0.883. The number of piperidine rings is 1. The lowest BCUT2D eigenvalue weighted by Gasteiger charge is -2.34. The number of likely N-dealkylation sites (tertiary alicyclic amines) is 1. The van der Waals surface area contributed by atoms with Gasteiger partial charge < -0.3 is 5.73 Å². The zero-order chi connectivity index (χ0) is 13.0. The maximum absolute atomic E-state index is 5.99. The van der Waals surface area contributed by atoms with Crippen LogP contribution in [0, 0.1) is 0 Å². The van der Waals surface area contributed by atoms with Crippen molar-refractivity contribution < 1.29 is 0 Å². The summed E-state index contributed by atoms with van der Waals surface area (Å²) in [6.45, 7) is 7.60. The second-order valence-electron chi connectivity index (χ2n) is 5.67. The van der Waals surface area contributed by atoms with E-state index in [-0.39, 0.29) is 0 Å². The Morgan fingerprint density at radius 2 is 1.56 bits per heavy atom. The summed E-state index contributed by atoms with van der Waals surface area (Å²) in [6, 6.07) is 9.45. The second-order valence-corrected chi connectivity index (χ2v) is 5.67. The first-order chi connectivity index (χ1) is 8.72. The molecule has 1 heterocycles. The third-order valence-corrected chi connectivity index (χ3v) is 4.04. The molecule has 0 aliphatic carbocycles. The van der Waals surface area contributed by atoms with Crippen LogP contribution in [0.1, 0.15) is 56.2 Å². The fourth-order valence-corrected chi connectivity index (χ4v) is 2.83. The molecule has 0 spiro atoms. The third-order valence-electron chi connectivity index (χ3n) is 4.04. The van der Waals surface area contributed by atoms with Crippen LogP contribution in [-0.2, 0) is 0 Å². The Kier molecular flexibility index (Phi) is 4.79. The van der Waals surface area contributed by atoms with Crippen molar-refractivity contribution in [2.24, 2.45) is 5.73 Å². The van der Waals surface area contributed by atoms with Gasteiger partial charge in [-0.25, -0.2) is 0 Å². The summed E-state index contributed by atoms with van der Waals surface area (Å²) in [5.41, 5.74) is 8.78. The smallest absolute Gasteiger partial charge is 0.0470 e. The van der Waals surface area contributed by atoms with Gasteiger partial charge in [0.05, 0.1) is 0 Å². The van der Waals surface area contributed by atoms with E-state index < -0.39 is 0 Å². The lowest BCUT2D eigenvalue weighted by Crippen LogP contribution is -2.37. The van der Waals surface area contributed by atoms with E-state index in [2.05, 4.69) is 43.0 Å². The predicted octanol–water partition coefficient (Wildman–Crippen LogP) is 3.30. The van der Waals surface area contributed by atoms with Crippen molar-refractivity contribution in [2.45, 2.75) is 45.1 Å². The zero-order valence-corrected chi connectivity index (χ0v) is 11.7. The number of hydrogen-bond donors (Lipinski definition) is 1. The minimum absolute atomic E-state index is 0.409. The molecule has 1 aliphatic rings. The van der Waals surface area contributed by atoms with E-state index in [9.17, 15) is 0 Å². The first-order valence-corrected chi connectivity index (χ1v) is 7.26. The molecule has 0 saturated carbocycles. The lowest BCUT2D eigenvalue weighted by atomic mass is 9.97. The van der Waals surface area contributed by atoms with Gasteiger partial charge in [-0.1, -0.05) is 44.5 Å². The molecule has 0 radical (unpaired) electrons. The standard InChI is InChI=1S/C16H26N2/c1-13(2)14-6-8-15(9-7-14)16(12-17)18-10-4-3-5-11-18/h6-9,13,16H,3-5,10-12,17H2,1-2H3/t16-/m1/s1. The van der Waals surface area contributed by atoms with E-state index in [1.165, 1.54) is 43.5 Å². The van der Waals surface area contributed by atoms with Crippen LogP contribution >= 0.6 is 0 Å². The molecular formula is C16H26N2. The Hall–Kier alpha value is -0.860. The molecule has 0 unspecified atom stereocenters. The summed E-state index contributed by atoms with van der Waals surface area (Å²) < 4.78 is 0. The second kappa shape index (κ2) is 6.35. The molecule has 1 aromatic carbocycles. The van der Waals surface area contributed by atoms with Gasteiger partial charge in [0.15, 0.2) is 0 Å². The fraction of sp³-hybridized carbons (Fsp3) is 0.625. The average Bonchev–Trinajstić information content (AvgIpc) is 2.41. The van der Waals surface area contributed by atoms with Gasteiger partial charge in [0.1, 0.15) is 0 Å². The van der Waals surface area contributed by atoms with Crippen LogP contribution < -0.4 is 5.73 Å². The SMILES string of the molecule is CC(C)c1ccc([C@@H](CN)N2CCCCC2)cc1. The molecule has 2 heteroatoms. The van der Waals surface area contributed by atoms with Crippen molar-refractivity contribution in [3.8, 4) is 0 Å². The lowest BCUT2D eigenvalue weighted by molar-refractivity contribution is 0.167. The number of hydrogen-bond acceptors (Lipinski definition) is 2. The minimum Gasteiger partial charge on any atom is -0.329 e. The zero-order valence-electron chi connectivity index (χ0n) is 11.7. The molecule has 100 valence electrons. The molecule has 0 bridgehead atoms. The topological polar surface area (TPSA) is 29.3 Å². The van der Waals surface area contributed by atoms with Gasteiger partial charge in [0.25, 0.3) is 0 Å². The molecule has 1 aliphatic heterocycles. The average molecular weight is 246 g/mol. The van der Waals surface area contributed by atoms with Gasteiger partial charge in [-0.2, -0.15) is 0 Å². The van der Waals surface area contributed by atoms with Crippen LogP contribution in [0.2, 0.25) is 0 Å². The number of rotatable bonds is 4. The molecule has 2 N–H and O–H groups in total. The van der Waals surface area contributed by atoms with Crippen LogP contribution in [-0.4, -0.2) is 24.5 Å². The number of benzene rings is 1. The highest BCUT2D eigenvalue weighted by Crippen LogP contribution is 2.25. The summed E-state index contributed by atoms with van der Waals surface area (Å²) in [5, 5.41) is 0. The minimum atomic E-state index is 0.409. The molecule has 2 nitrogen and oxygen atoms in total. The van der Waals surface area contributed by atoms with Gasteiger partial charge in [-0.15, -0.1) is 0 Å². The van der Waals surface area contributed by atoms with Crippen LogP contribution in [0.15, 0.2) is 24.3 Å². The van der Waals surface area contributed by atoms with Crippen molar-refractivity contribution in [3.63, 3.8) is 0 Å². The number of nitrogens with zero attached hydrogens (tertiary/aromatic N) is 1. The van der Waals surface area contributed by atoms with E-state index in [1.807, 2.05) is 0 Å². The van der Waals surface area contributed by atoms with Crippen molar-refractivity contribution in [2.75, 3.05) is 19.6 Å². The Bertz CT molecular complexity index is 350. The first-order valence-electron chi connectivity index (χ1n) is 7.26. The van der Waals surface area contributed by atoms with E-state index in [1.54, 1.807) is 0 Å². The molecule has 1 aromatic rings.